The van der Waals surface area contributed by atoms with Crippen LogP contribution in [0.4, 0.5) is 0 Å². The number of aryl methyl sites for hydroxylation is 1. The van der Waals surface area contributed by atoms with Gasteiger partial charge in [-0.3, -0.25) is 0 Å². The molecule has 0 spiro atoms. The topological polar surface area (TPSA) is 26.7 Å². The summed E-state index contributed by atoms with van der Waals surface area (Å²) in [5.41, 5.74) is 3.85. The zero-order chi connectivity index (χ0) is 21.9. The smallest absolute Gasteiger partial charge is 0.0684 e. The zero-order valence-corrected chi connectivity index (χ0v) is 18.9. The monoisotopic (exact) mass is 416 g/mol. The fourth-order valence-electron chi connectivity index (χ4n) is 3.88. The second-order valence-electron chi connectivity index (χ2n) is 8.74. The minimum Gasteiger partial charge on any atom is -0.392 e. The highest BCUT2D eigenvalue weighted by molar-refractivity contribution is 5.17. The Balaban J connectivity index is 1.72. The Morgan fingerprint density at radius 3 is 1.52 bits per heavy atom. The number of hydrazine groups is 1. The minimum absolute atomic E-state index is 0.368. The van der Waals surface area contributed by atoms with Crippen LogP contribution in [0.3, 0.4) is 0 Å². The first-order valence-corrected chi connectivity index (χ1v) is 11.4. The van der Waals surface area contributed by atoms with Gasteiger partial charge in [0.1, 0.15) is 0 Å². The summed E-state index contributed by atoms with van der Waals surface area (Å²) in [5, 5.41) is 15.7. The van der Waals surface area contributed by atoms with Gasteiger partial charge >= 0.3 is 0 Å². The van der Waals surface area contributed by atoms with Crippen LogP contribution in [-0.2, 0) is 19.5 Å². The summed E-state index contributed by atoms with van der Waals surface area (Å²) in [5.74, 6) is 0.510. The summed E-state index contributed by atoms with van der Waals surface area (Å²) >= 11 is 0. The third-order valence-electron chi connectivity index (χ3n) is 5.42. The van der Waals surface area contributed by atoms with E-state index in [-0.39, 0.29) is 6.10 Å². The molecule has 3 aromatic rings. The summed E-state index contributed by atoms with van der Waals surface area (Å²) in [6.07, 6.45) is 1.30. The van der Waals surface area contributed by atoms with Crippen LogP contribution < -0.4 is 0 Å². The molecule has 0 bridgehead atoms. The predicted molar refractivity (Wildman–Crippen MR) is 129 cm³/mol. The van der Waals surface area contributed by atoms with Gasteiger partial charge < -0.3 is 5.11 Å². The normalized spacial score (nSPS) is 12.6. The molecule has 1 unspecified atom stereocenters. The molecule has 3 aromatic carbocycles. The number of hydrogen-bond acceptors (Lipinski definition) is 3. The summed E-state index contributed by atoms with van der Waals surface area (Å²) in [6, 6.07) is 31.6. The average Bonchev–Trinajstić information content (AvgIpc) is 2.79. The highest BCUT2D eigenvalue weighted by atomic mass is 16.3. The largest absolute Gasteiger partial charge is 0.392 e. The van der Waals surface area contributed by atoms with Gasteiger partial charge in [-0.05, 0) is 35.4 Å². The van der Waals surface area contributed by atoms with E-state index in [1.807, 2.05) is 6.07 Å². The van der Waals surface area contributed by atoms with Crippen molar-refractivity contribution in [3.05, 3.63) is 108 Å². The summed E-state index contributed by atoms with van der Waals surface area (Å²) < 4.78 is 0. The van der Waals surface area contributed by atoms with Crippen LogP contribution in [0.2, 0.25) is 0 Å². The van der Waals surface area contributed by atoms with Crippen molar-refractivity contribution in [2.45, 2.75) is 45.9 Å². The number of benzene rings is 3. The first-order chi connectivity index (χ1) is 15.1. The van der Waals surface area contributed by atoms with Crippen LogP contribution in [0, 0.1) is 5.92 Å². The van der Waals surface area contributed by atoms with Crippen molar-refractivity contribution in [1.29, 1.82) is 0 Å². The minimum atomic E-state index is -0.368. The van der Waals surface area contributed by atoms with E-state index in [0.717, 1.165) is 32.5 Å². The van der Waals surface area contributed by atoms with Gasteiger partial charge in [0.2, 0.25) is 0 Å². The Hall–Kier alpha value is -2.46. The Bertz CT molecular complexity index is 810. The lowest BCUT2D eigenvalue weighted by Crippen LogP contribution is -2.47. The molecule has 0 fully saturated rings. The maximum atomic E-state index is 10.9. The lowest BCUT2D eigenvalue weighted by Gasteiger charge is -2.37. The lowest BCUT2D eigenvalue weighted by atomic mass is 10.1. The predicted octanol–water partition coefficient (Wildman–Crippen LogP) is 5.56. The molecule has 0 saturated heterocycles. The van der Waals surface area contributed by atoms with E-state index >= 15 is 0 Å². The highest BCUT2D eigenvalue weighted by Gasteiger charge is 2.21. The summed E-state index contributed by atoms with van der Waals surface area (Å²) in [6.45, 7) is 7.70. The van der Waals surface area contributed by atoms with Crippen molar-refractivity contribution in [3.63, 3.8) is 0 Å². The Labute approximate surface area is 187 Å². The van der Waals surface area contributed by atoms with Gasteiger partial charge in [0, 0.05) is 26.2 Å². The van der Waals surface area contributed by atoms with E-state index in [2.05, 4.69) is 109 Å². The van der Waals surface area contributed by atoms with Crippen LogP contribution in [0.1, 0.15) is 37.0 Å². The molecular formula is C28H36N2O. The van der Waals surface area contributed by atoms with Gasteiger partial charge in [-0.2, -0.15) is 0 Å². The average molecular weight is 417 g/mol. The highest BCUT2D eigenvalue weighted by Crippen LogP contribution is 2.16. The van der Waals surface area contributed by atoms with Crippen molar-refractivity contribution in [2.75, 3.05) is 13.1 Å². The molecule has 0 aliphatic heterocycles. The number of hydrogen-bond donors (Lipinski definition) is 1. The first-order valence-electron chi connectivity index (χ1n) is 11.4. The molecule has 1 atom stereocenters. The zero-order valence-electron chi connectivity index (χ0n) is 18.9. The fraction of sp³-hybridized carbons (Fsp3) is 0.357. The molecule has 0 aliphatic carbocycles. The standard InChI is InChI=1S/C28H36N2O/c1-24(2)20-29(23-28(31)19-18-25-12-6-3-7-13-25)30(21-26-14-8-4-9-15-26)22-27-16-10-5-11-17-27/h3-17,24,28,31H,18-23H2,1-2H3. The van der Waals surface area contributed by atoms with E-state index in [1.54, 1.807) is 0 Å². The molecule has 164 valence electrons. The molecule has 3 rings (SSSR count). The molecule has 31 heavy (non-hydrogen) atoms. The third kappa shape index (κ3) is 8.29. The molecule has 0 saturated carbocycles. The fourth-order valence-corrected chi connectivity index (χ4v) is 3.88. The van der Waals surface area contributed by atoms with Crippen LogP contribution >= 0.6 is 0 Å². The SMILES string of the molecule is CC(C)CN(CC(O)CCc1ccccc1)N(Cc1ccccc1)Cc1ccccc1. The second kappa shape index (κ2) is 12.4. The molecular weight excluding hydrogens is 380 g/mol. The number of aliphatic hydroxyl groups is 1. The van der Waals surface area contributed by atoms with E-state index in [4.69, 9.17) is 0 Å². The van der Waals surface area contributed by atoms with Gasteiger partial charge in [0.25, 0.3) is 0 Å². The van der Waals surface area contributed by atoms with Gasteiger partial charge in [-0.1, -0.05) is 105 Å². The quantitative estimate of drug-likeness (QED) is 0.392. The molecule has 0 amide bonds. The molecule has 0 aromatic heterocycles. The summed E-state index contributed by atoms with van der Waals surface area (Å²) in [7, 11) is 0. The maximum Gasteiger partial charge on any atom is 0.0684 e. The number of aliphatic hydroxyl groups excluding tert-OH is 1. The molecule has 0 heterocycles. The Morgan fingerprint density at radius 2 is 1.06 bits per heavy atom. The Morgan fingerprint density at radius 1 is 0.613 bits per heavy atom. The van der Waals surface area contributed by atoms with Crippen molar-refractivity contribution in [1.82, 2.24) is 10.0 Å². The van der Waals surface area contributed by atoms with E-state index in [9.17, 15) is 5.11 Å². The van der Waals surface area contributed by atoms with Crippen molar-refractivity contribution in [2.24, 2.45) is 5.92 Å². The molecule has 1 N–H and O–H groups in total. The second-order valence-corrected chi connectivity index (χ2v) is 8.74. The number of rotatable bonds is 12. The van der Waals surface area contributed by atoms with E-state index in [0.29, 0.717) is 12.5 Å². The van der Waals surface area contributed by atoms with Crippen LogP contribution in [-0.4, -0.2) is 34.3 Å². The van der Waals surface area contributed by atoms with Crippen molar-refractivity contribution in [3.8, 4) is 0 Å². The first kappa shape index (κ1) is 23.2. The molecule has 0 radical (unpaired) electrons. The van der Waals surface area contributed by atoms with Gasteiger partial charge in [0.05, 0.1) is 6.10 Å². The van der Waals surface area contributed by atoms with Crippen molar-refractivity contribution >= 4 is 0 Å². The van der Waals surface area contributed by atoms with Crippen LogP contribution in [0.15, 0.2) is 91.0 Å². The lowest BCUT2D eigenvalue weighted by molar-refractivity contribution is -0.0750. The molecule has 3 heteroatoms. The van der Waals surface area contributed by atoms with E-state index in [1.165, 1.54) is 16.7 Å². The van der Waals surface area contributed by atoms with E-state index < -0.39 is 0 Å². The Kier molecular flexibility index (Phi) is 9.29. The van der Waals surface area contributed by atoms with Crippen LogP contribution in [0.5, 0.6) is 0 Å². The van der Waals surface area contributed by atoms with Crippen molar-refractivity contribution < 1.29 is 5.11 Å². The summed E-state index contributed by atoms with van der Waals surface area (Å²) in [4.78, 5) is 0. The van der Waals surface area contributed by atoms with Gasteiger partial charge in [0.15, 0.2) is 0 Å². The molecule has 0 aliphatic rings. The van der Waals surface area contributed by atoms with Crippen LogP contribution in [0.25, 0.3) is 0 Å². The maximum absolute atomic E-state index is 10.9. The number of nitrogens with zero attached hydrogens (tertiary/aromatic N) is 2. The van der Waals surface area contributed by atoms with Gasteiger partial charge in [-0.25, -0.2) is 10.0 Å². The molecule has 3 nitrogen and oxygen atoms in total. The third-order valence-corrected chi connectivity index (χ3v) is 5.42. The van der Waals surface area contributed by atoms with Gasteiger partial charge in [-0.15, -0.1) is 0 Å².